The number of anilines is 1. The lowest BCUT2D eigenvalue weighted by Gasteiger charge is -2.08. The molecule has 2 aromatic carbocycles. The van der Waals surface area contributed by atoms with Crippen molar-refractivity contribution < 1.29 is 9.72 Å². The Morgan fingerprint density at radius 3 is 2.59 bits per heavy atom. The summed E-state index contributed by atoms with van der Waals surface area (Å²) in [4.78, 5) is 24.0. The van der Waals surface area contributed by atoms with Gasteiger partial charge in [-0.25, -0.2) is 4.68 Å². The van der Waals surface area contributed by atoms with Crippen molar-refractivity contribution in [1.29, 1.82) is 0 Å². The summed E-state index contributed by atoms with van der Waals surface area (Å²) in [6.45, 7) is 1.84. The number of aromatic nitrogens is 2. The lowest BCUT2D eigenvalue weighted by Crippen LogP contribution is -2.11. The highest BCUT2D eigenvalue weighted by Gasteiger charge is 2.20. The van der Waals surface area contributed by atoms with Gasteiger partial charge in [-0.15, -0.1) is 11.3 Å². The van der Waals surface area contributed by atoms with Crippen LogP contribution in [0.25, 0.3) is 16.9 Å². The molecule has 29 heavy (non-hydrogen) atoms. The molecule has 2 aromatic heterocycles. The summed E-state index contributed by atoms with van der Waals surface area (Å²) in [5.41, 5.74) is 2.97. The lowest BCUT2D eigenvalue weighted by atomic mass is 10.1. The third-order valence-corrected chi connectivity index (χ3v) is 5.23. The summed E-state index contributed by atoms with van der Waals surface area (Å²) in [7, 11) is 0. The number of carbonyl (C=O) groups is 1. The highest BCUT2D eigenvalue weighted by Crippen LogP contribution is 2.29. The van der Waals surface area contributed by atoms with Gasteiger partial charge < -0.3 is 5.32 Å². The topological polar surface area (TPSA) is 90.1 Å². The number of nitro benzene ring substituents is 1. The first kappa shape index (κ1) is 18.6. The zero-order valence-electron chi connectivity index (χ0n) is 15.4. The first-order valence-corrected chi connectivity index (χ1v) is 9.66. The molecule has 4 rings (SSSR count). The zero-order valence-corrected chi connectivity index (χ0v) is 16.2. The summed E-state index contributed by atoms with van der Waals surface area (Å²) in [6.07, 6.45) is 0. The summed E-state index contributed by atoms with van der Waals surface area (Å²) in [5, 5.41) is 20.8. The molecule has 0 bridgehead atoms. The number of thiophene rings is 1. The van der Waals surface area contributed by atoms with Crippen molar-refractivity contribution in [1.82, 2.24) is 9.78 Å². The van der Waals surface area contributed by atoms with E-state index in [2.05, 4.69) is 10.4 Å². The summed E-state index contributed by atoms with van der Waals surface area (Å²) < 4.78 is 1.55. The Kier molecular flexibility index (Phi) is 4.92. The van der Waals surface area contributed by atoms with Crippen LogP contribution in [0.1, 0.15) is 15.4 Å². The van der Waals surface area contributed by atoms with Crippen LogP contribution >= 0.6 is 11.3 Å². The van der Waals surface area contributed by atoms with Crippen LogP contribution in [0.3, 0.4) is 0 Å². The average molecular weight is 404 g/mol. The van der Waals surface area contributed by atoms with Crippen LogP contribution in [0, 0.1) is 17.0 Å². The van der Waals surface area contributed by atoms with E-state index in [-0.39, 0.29) is 11.6 Å². The van der Waals surface area contributed by atoms with Crippen LogP contribution in [-0.4, -0.2) is 20.6 Å². The van der Waals surface area contributed by atoms with Gasteiger partial charge in [0.05, 0.1) is 15.5 Å². The molecule has 8 heteroatoms. The highest BCUT2D eigenvalue weighted by atomic mass is 32.1. The maximum atomic E-state index is 12.2. The number of benzene rings is 2. The molecular weight excluding hydrogens is 388 g/mol. The second kappa shape index (κ2) is 7.69. The van der Waals surface area contributed by atoms with Crippen LogP contribution in [0.4, 0.5) is 11.4 Å². The zero-order chi connectivity index (χ0) is 20.4. The largest absolute Gasteiger partial charge is 0.321 e. The Balaban J connectivity index is 1.70. The van der Waals surface area contributed by atoms with Gasteiger partial charge in [0.1, 0.15) is 5.69 Å². The molecule has 0 saturated carbocycles. The van der Waals surface area contributed by atoms with E-state index >= 15 is 0 Å². The van der Waals surface area contributed by atoms with E-state index in [9.17, 15) is 14.9 Å². The standard InChI is InChI=1S/C21H16N4O3S/c1-14-12-17(15-6-3-2-4-7-15)23-24(14)18-10-9-16(13-19(18)25(27)28)22-21(26)20-8-5-11-29-20/h2-13H,1H3,(H,22,26). The molecular formula is C21H16N4O3S. The lowest BCUT2D eigenvalue weighted by molar-refractivity contribution is -0.384. The maximum absolute atomic E-state index is 12.2. The van der Waals surface area contributed by atoms with Gasteiger partial charge in [-0.2, -0.15) is 5.10 Å². The van der Waals surface area contributed by atoms with Crippen molar-refractivity contribution >= 4 is 28.6 Å². The molecule has 1 amide bonds. The van der Waals surface area contributed by atoms with Gasteiger partial charge in [0.2, 0.25) is 0 Å². The normalized spacial score (nSPS) is 10.7. The Hall–Kier alpha value is -3.78. The minimum Gasteiger partial charge on any atom is -0.321 e. The SMILES string of the molecule is Cc1cc(-c2ccccc2)nn1-c1ccc(NC(=O)c2cccs2)cc1[N+](=O)[O-]. The van der Waals surface area contributed by atoms with Gasteiger partial charge in [-0.05, 0) is 36.6 Å². The second-order valence-corrected chi connectivity index (χ2v) is 7.29. The molecule has 1 N–H and O–H groups in total. The Morgan fingerprint density at radius 2 is 1.90 bits per heavy atom. The predicted octanol–water partition coefficient (Wildman–Crippen LogP) is 5.07. The minimum atomic E-state index is -0.473. The molecule has 144 valence electrons. The molecule has 0 unspecified atom stereocenters. The molecule has 0 atom stereocenters. The van der Waals surface area contributed by atoms with Gasteiger partial charge in [0, 0.05) is 23.0 Å². The third-order valence-electron chi connectivity index (χ3n) is 4.36. The minimum absolute atomic E-state index is 0.139. The van der Waals surface area contributed by atoms with Crippen molar-refractivity contribution in [2.75, 3.05) is 5.32 Å². The quantitative estimate of drug-likeness (QED) is 0.371. The first-order chi connectivity index (χ1) is 14.0. The molecule has 0 fully saturated rings. The fraction of sp³-hybridized carbons (Fsp3) is 0.0476. The van der Waals surface area contributed by atoms with E-state index in [1.54, 1.807) is 34.3 Å². The summed E-state index contributed by atoms with van der Waals surface area (Å²) in [5.74, 6) is -0.302. The number of amides is 1. The van der Waals surface area contributed by atoms with Crippen molar-refractivity contribution in [2.24, 2.45) is 0 Å². The average Bonchev–Trinajstić information content (AvgIpc) is 3.39. The van der Waals surface area contributed by atoms with Gasteiger partial charge in [0.25, 0.3) is 11.6 Å². The van der Waals surface area contributed by atoms with Crippen molar-refractivity contribution in [3.63, 3.8) is 0 Å². The van der Waals surface area contributed by atoms with Crippen molar-refractivity contribution in [2.45, 2.75) is 6.92 Å². The Labute approximate surface area is 170 Å². The van der Waals surface area contributed by atoms with Gasteiger partial charge in [-0.3, -0.25) is 14.9 Å². The third kappa shape index (κ3) is 3.78. The number of nitrogens with zero attached hydrogens (tertiary/aromatic N) is 3. The Bertz CT molecular complexity index is 1180. The van der Waals surface area contributed by atoms with Crippen LogP contribution in [-0.2, 0) is 0 Å². The predicted molar refractivity (Wildman–Crippen MR) is 113 cm³/mol. The van der Waals surface area contributed by atoms with Crippen LogP contribution in [0.2, 0.25) is 0 Å². The van der Waals surface area contributed by atoms with Crippen LogP contribution in [0.15, 0.2) is 72.1 Å². The van der Waals surface area contributed by atoms with Crippen molar-refractivity contribution in [3.8, 4) is 16.9 Å². The number of carbonyl (C=O) groups excluding carboxylic acids is 1. The Morgan fingerprint density at radius 1 is 1.10 bits per heavy atom. The van der Waals surface area contributed by atoms with E-state index in [0.717, 1.165) is 17.0 Å². The van der Waals surface area contributed by atoms with Gasteiger partial charge >= 0.3 is 0 Å². The van der Waals surface area contributed by atoms with Gasteiger partial charge in [-0.1, -0.05) is 36.4 Å². The highest BCUT2D eigenvalue weighted by molar-refractivity contribution is 7.12. The summed E-state index contributed by atoms with van der Waals surface area (Å²) >= 11 is 1.30. The fourth-order valence-electron chi connectivity index (χ4n) is 3.00. The van der Waals surface area contributed by atoms with Gasteiger partial charge in [0.15, 0.2) is 0 Å². The number of aryl methyl sites for hydroxylation is 1. The number of hydrogen-bond donors (Lipinski definition) is 1. The van der Waals surface area contributed by atoms with Crippen molar-refractivity contribution in [3.05, 3.63) is 92.8 Å². The smallest absolute Gasteiger partial charge is 0.296 e. The molecule has 0 aliphatic carbocycles. The number of rotatable bonds is 5. The molecule has 0 aliphatic heterocycles. The molecule has 0 saturated heterocycles. The van der Waals surface area contributed by atoms with E-state index in [4.69, 9.17) is 0 Å². The second-order valence-electron chi connectivity index (χ2n) is 6.34. The van der Waals surface area contributed by atoms with Crippen LogP contribution in [0.5, 0.6) is 0 Å². The summed E-state index contributed by atoms with van der Waals surface area (Å²) in [6, 6.07) is 19.5. The molecule has 0 radical (unpaired) electrons. The first-order valence-electron chi connectivity index (χ1n) is 8.78. The van der Waals surface area contributed by atoms with E-state index in [1.165, 1.54) is 17.4 Å². The number of hydrogen-bond acceptors (Lipinski definition) is 5. The van der Waals surface area contributed by atoms with E-state index in [0.29, 0.717) is 16.3 Å². The number of nitrogens with one attached hydrogen (secondary N) is 1. The monoisotopic (exact) mass is 404 g/mol. The van der Waals surface area contributed by atoms with Crippen LogP contribution < -0.4 is 5.32 Å². The number of nitro groups is 1. The van der Waals surface area contributed by atoms with E-state index < -0.39 is 4.92 Å². The fourth-order valence-corrected chi connectivity index (χ4v) is 3.61. The molecule has 7 nitrogen and oxygen atoms in total. The maximum Gasteiger partial charge on any atom is 0.296 e. The molecule has 4 aromatic rings. The molecule has 2 heterocycles. The van der Waals surface area contributed by atoms with E-state index in [1.807, 2.05) is 43.3 Å². The molecule has 0 aliphatic rings. The molecule has 0 spiro atoms.